The van der Waals surface area contributed by atoms with E-state index in [0.717, 1.165) is 0 Å². The van der Waals surface area contributed by atoms with Crippen LogP contribution in [-0.4, -0.2) is 81.6 Å². The van der Waals surface area contributed by atoms with Crippen molar-refractivity contribution in [1.82, 2.24) is 4.90 Å². The molecular weight excluding hydrogens is 246 g/mol. The second-order valence-corrected chi connectivity index (χ2v) is 6.87. The molecule has 0 saturated carbocycles. The molecule has 4 atom stereocenters. The second-order valence-electron chi connectivity index (χ2n) is 4.71. The fourth-order valence-corrected chi connectivity index (χ4v) is 4.49. The first-order valence-corrected chi connectivity index (χ1v) is 7.47. The molecule has 17 heavy (non-hydrogen) atoms. The topological polar surface area (TPSA) is 76.1 Å². The number of hydrogen-bond acceptors (Lipinski definition) is 6. The molecule has 2 aliphatic heterocycles. The van der Waals surface area contributed by atoms with E-state index in [0.29, 0.717) is 13.1 Å². The Morgan fingerprint density at radius 2 is 1.65 bits per heavy atom. The van der Waals surface area contributed by atoms with Crippen molar-refractivity contribution in [2.24, 2.45) is 0 Å². The average molecular weight is 265 g/mol. The molecule has 100 valence electrons. The van der Waals surface area contributed by atoms with E-state index >= 15 is 0 Å². The van der Waals surface area contributed by atoms with E-state index in [-0.39, 0.29) is 29.8 Å². The molecule has 0 aromatic rings. The lowest BCUT2D eigenvalue weighted by Gasteiger charge is -2.24. The highest BCUT2D eigenvalue weighted by Crippen LogP contribution is 2.24. The summed E-state index contributed by atoms with van der Waals surface area (Å²) in [7, 11) is 0.122. The third kappa shape index (κ3) is 2.63. The van der Waals surface area contributed by atoms with Gasteiger partial charge in [-0.15, -0.1) is 0 Å². The van der Waals surface area contributed by atoms with Crippen molar-refractivity contribution in [2.45, 2.75) is 24.4 Å². The van der Waals surface area contributed by atoms with Crippen LogP contribution in [0.25, 0.3) is 0 Å². The van der Waals surface area contributed by atoms with Gasteiger partial charge in [0.05, 0.1) is 35.9 Å². The number of hydrogen-bond donors (Lipinski definition) is 1. The molecule has 0 amide bonds. The Hall–Kier alpha value is -0.210. The van der Waals surface area contributed by atoms with Gasteiger partial charge in [-0.3, -0.25) is 4.90 Å². The summed E-state index contributed by atoms with van der Waals surface area (Å²) < 4.78 is 33.5. The lowest BCUT2D eigenvalue weighted by atomic mass is 10.2. The molecule has 1 N–H and O–H groups in total. The van der Waals surface area contributed by atoms with Crippen LogP contribution in [0, 0.1) is 0 Å². The van der Waals surface area contributed by atoms with Crippen molar-refractivity contribution in [3.05, 3.63) is 0 Å². The highest BCUT2D eigenvalue weighted by atomic mass is 32.2. The highest BCUT2D eigenvalue weighted by Gasteiger charge is 2.45. The molecule has 2 fully saturated rings. The first kappa shape index (κ1) is 13.2. The van der Waals surface area contributed by atoms with Gasteiger partial charge >= 0.3 is 0 Å². The molecule has 4 unspecified atom stereocenters. The van der Waals surface area contributed by atoms with E-state index in [9.17, 15) is 13.5 Å². The predicted molar refractivity (Wildman–Crippen MR) is 61.6 cm³/mol. The minimum atomic E-state index is -3.10. The van der Waals surface area contributed by atoms with Crippen LogP contribution in [0.1, 0.15) is 0 Å². The molecule has 2 aliphatic rings. The van der Waals surface area contributed by atoms with Crippen LogP contribution in [0.3, 0.4) is 0 Å². The van der Waals surface area contributed by atoms with Crippen molar-refractivity contribution >= 4 is 9.84 Å². The van der Waals surface area contributed by atoms with Crippen LogP contribution < -0.4 is 0 Å². The standard InChI is InChI=1S/C10H19NO5S/c1-15-9-3-11(4-10(9)16-2)7-5-17(13,14)6-8(7)12/h7-10,12H,3-6H2,1-2H3. The van der Waals surface area contributed by atoms with Gasteiger partial charge in [-0.25, -0.2) is 8.42 Å². The third-order valence-corrected chi connectivity index (χ3v) is 5.31. The summed E-state index contributed by atoms with van der Waals surface area (Å²) in [6, 6.07) is -0.321. The first-order valence-electron chi connectivity index (χ1n) is 5.65. The van der Waals surface area contributed by atoms with Crippen LogP contribution >= 0.6 is 0 Å². The minimum absolute atomic E-state index is 0.0288. The molecule has 0 bridgehead atoms. The number of aliphatic hydroxyl groups is 1. The van der Waals surface area contributed by atoms with E-state index in [4.69, 9.17) is 9.47 Å². The first-order chi connectivity index (χ1) is 7.96. The normalized spacial score (nSPS) is 42.1. The maximum absolute atomic E-state index is 11.5. The SMILES string of the molecule is COC1CN(C2CS(=O)(=O)CC2O)CC1OC. The van der Waals surface area contributed by atoms with Crippen molar-refractivity contribution < 1.29 is 23.0 Å². The lowest BCUT2D eigenvalue weighted by Crippen LogP contribution is -2.42. The van der Waals surface area contributed by atoms with Gasteiger partial charge in [0.15, 0.2) is 9.84 Å². The number of nitrogens with zero attached hydrogens (tertiary/aromatic N) is 1. The van der Waals surface area contributed by atoms with Gasteiger partial charge in [-0.2, -0.15) is 0 Å². The predicted octanol–water partition coefficient (Wildman–Crippen LogP) is -1.51. The van der Waals surface area contributed by atoms with Gasteiger partial charge in [0.1, 0.15) is 0 Å². The zero-order valence-corrected chi connectivity index (χ0v) is 10.9. The van der Waals surface area contributed by atoms with E-state index in [1.165, 1.54) is 0 Å². The summed E-state index contributed by atoms with van der Waals surface area (Å²) in [6.45, 7) is 1.21. The summed E-state index contributed by atoms with van der Waals surface area (Å²) in [4.78, 5) is 1.96. The second kappa shape index (κ2) is 4.81. The Morgan fingerprint density at radius 3 is 2.00 bits per heavy atom. The van der Waals surface area contributed by atoms with Crippen LogP contribution in [0.4, 0.5) is 0 Å². The van der Waals surface area contributed by atoms with Gasteiger partial charge in [0.25, 0.3) is 0 Å². The van der Waals surface area contributed by atoms with E-state index in [2.05, 4.69) is 0 Å². The van der Waals surface area contributed by atoms with Gasteiger partial charge < -0.3 is 14.6 Å². The van der Waals surface area contributed by atoms with Gasteiger partial charge in [-0.1, -0.05) is 0 Å². The summed E-state index contributed by atoms with van der Waals surface area (Å²) in [5.74, 6) is -0.107. The van der Waals surface area contributed by atoms with Crippen molar-refractivity contribution in [1.29, 1.82) is 0 Å². The summed E-state index contributed by atoms with van der Waals surface area (Å²) in [5.41, 5.74) is 0. The molecule has 2 rings (SSSR count). The number of likely N-dealkylation sites (tertiary alicyclic amines) is 1. The Morgan fingerprint density at radius 1 is 1.12 bits per heavy atom. The zero-order chi connectivity index (χ0) is 12.6. The number of aliphatic hydroxyl groups excluding tert-OH is 1. The molecule has 2 saturated heterocycles. The van der Waals surface area contributed by atoms with Crippen molar-refractivity contribution in [3.8, 4) is 0 Å². The Balaban J connectivity index is 2.05. The summed E-state index contributed by atoms with van der Waals surface area (Å²) in [5, 5.41) is 9.80. The lowest BCUT2D eigenvalue weighted by molar-refractivity contribution is -0.00461. The van der Waals surface area contributed by atoms with Gasteiger partial charge in [-0.05, 0) is 0 Å². The molecule has 2 heterocycles. The number of rotatable bonds is 3. The van der Waals surface area contributed by atoms with E-state index in [1.54, 1.807) is 14.2 Å². The van der Waals surface area contributed by atoms with Crippen LogP contribution in [0.15, 0.2) is 0 Å². The smallest absolute Gasteiger partial charge is 0.154 e. The van der Waals surface area contributed by atoms with Gasteiger partial charge in [0.2, 0.25) is 0 Å². The quantitative estimate of drug-likeness (QED) is 0.668. The number of ether oxygens (including phenoxy) is 2. The van der Waals surface area contributed by atoms with E-state index in [1.807, 2.05) is 4.90 Å². The molecule has 0 radical (unpaired) electrons. The molecular formula is C10H19NO5S. The van der Waals surface area contributed by atoms with Crippen molar-refractivity contribution in [2.75, 3.05) is 38.8 Å². The molecule has 7 heteroatoms. The Kier molecular flexibility index (Phi) is 3.74. The molecule has 0 aromatic heterocycles. The van der Waals surface area contributed by atoms with E-state index < -0.39 is 15.9 Å². The largest absolute Gasteiger partial charge is 0.390 e. The fraction of sp³-hybridized carbons (Fsp3) is 1.00. The fourth-order valence-electron chi connectivity index (χ4n) is 2.65. The summed E-state index contributed by atoms with van der Waals surface area (Å²) >= 11 is 0. The average Bonchev–Trinajstić information content (AvgIpc) is 2.78. The van der Waals surface area contributed by atoms with Gasteiger partial charge in [0, 0.05) is 27.3 Å². The minimum Gasteiger partial charge on any atom is -0.390 e. The van der Waals surface area contributed by atoms with Crippen LogP contribution in [0.2, 0.25) is 0 Å². The Labute approximate surface area is 101 Å². The van der Waals surface area contributed by atoms with Crippen LogP contribution in [-0.2, 0) is 19.3 Å². The highest BCUT2D eigenvalue weighted by molar-refractivity contribution is 7.91. The molecule has 6 nitrogen and oxygen atoms in total. The maximum Gasteiger partial charge on any atom is 0.154 e. The maximum atomic E-state index is 11.5. The third-order valence-electron chi connectivity index (χ3n) is 3.61. The Bertz CT molecular complexity index is 359. The monoisotopic (exact) mass is 265 g/mol. The molecule has 0 spiro atoms. The number of sulfone groups is 1. The molecule has 0 aromatic carbocycles. The van der Waals surface area contributed by atoms with Crippen LogP contribution in [0.5, 0.6) is 0 Å². The van der Waals surface area contributed by atoms with Crippen molar-refractivity contribution in [3.63, 3.8) is 0 Å². The summed E-state index contributed by atoms with van der Waals surface area (Å²) in [6.07, 6.45) is -0.917. The molecule has 0 aliphatic carbocycles. The zero-order valence-electron chi connectivity index (χ0n) is 10.1. The number of methoxy groups -OCH3 is 2.